The normalized spacial score (nSPS) is 11.2. The summed E-state index contributed by atoms with van der Waals surface area (Å²) in [6.45, 7) is 2.77. The van der Waals surface area contributed by atoms with Crippen LogP contribution in [-0.4, -0.2) is 35.3 Å². The molecule has 3 aromatic rings. The Morgan fingerprint density at radius 3 is 2.46 bits per heavy atom. The van der Waals surface area contributed by atoms with Crippen LogP contribution in [0.5, 0.6) is 0 Å². The van der Waals surface area contributed by atoms with E-state index < -0.39 is 10.0 Å². The highest BCUT2D eigenvalue weighted by molar-refractivity contribution is 7.92. The van der Waals surface area contributed by atoms with Crippen molar-refractivity contribution in [2.24, 2.45) is 0 Å². The molecule has 0 atom stereocenters. The molecule has 0 unspecified atom stereocenters. The Hall–Kier alpha value is -3.20. The summed E-state index contributed by atoms with van der Waals surface area (Å²) in [7, 11) is -3.41. The van der Waals surface area contributed by atoms with Crippen molar-refractivity contribution >= 4 is 21.6 Å². The van der Waals surface area contributed by atoms with Gasteiger partial charge in [0.1, 0.15) is 12.7 Å². The molecule has 0 aliphatic heterocycles. The van der Waals surface area contributed by atoms with Gasteiger partial charge in [0, 0.05) is 12.1 Å². The van der Waals surface area contributed by atoms with Crippen LogP contribution in [-0.2, 0) is 23.1 Å². The van der Waals surface area contributed by atoms with Gasteiger partial charge in [0.05, 0.1) is 18.5 Å². The largest absolute Gasteiger partial charge is 0.348 e. The average molecular weight is 399 g/mol. The lowest BCUT2D eigenvalue weighted by Crippen LogP contribution is -2.23. The van der Waals surface area contributed by atoms with E-state index in [2.05, 4.69) is 20.1 Å². The van der Waals surface area contributed by atoms with Gasteiger partial charge in [-0.05, 0) is 35.7 Å². The first-order valence-electron chi connectivity index (χ1n) is 8.57. The van der Waals surface area contributed by atoms with Crippen LogP contribution < -0.4 is 10.0 Å². The van der Waals surface area contributed by atoms with E-state index in [0.717, 1.165) is 22.9 Å². The zero-order valence-electron chi connectivity index (χ0n) is 15.6. The molecule has 3 rings (SSSR count). The zero-order chi connectivity index (χ0) is 20.1. The number of carbonyl (C=O) groups excluding carboxylic acids is 1. The second kappa shape index (κ2) is 8.22. The minimum Gasteiger partial charge on any atom is -0.348 e. The van der Waals surface area contributed by atoms with Crippen LogP contribution in [0.2, 0.25) is 0 Å². The highest BCUT2D eigenvalue weighted by Crippen LogP contribution is 2.18. The van der Waals surface area contributed by atoms with Gasteiger partial charge in [-0.1, -0.05) is 30.3 Å². The maximum Gasteiger partial charge on any atom is 0.251 e. The summed E-state index contributed by atoms with van der Waals surface area (Å²) in [5.41, 5.74) is 3.56. The lowest BCUT2D eigenvalue weighted by atomic mass is 10.1. The van der Waals surface area contributed by atoms with Gasteiger partial charge in [-0.3, -0.25) is 9.52 Å². The van der Waals surface area contributed by atoms with Gasteiger partial charge >= 0.3 is 0 Å². The number of hydrogen-bond acceptors (Lipinski definition) is 5. The van der Waals surface area contributed by atoms with Gasteiger partial charge in [-0.25, -0.2) is 18.1 Å². The van der Waals surface area contributed by atoms with Crippen molar-refractivity contribution in [3.63, 3.8) is 0 Å². The van der Waals surface area contributed by atoms with Crippen molar-refractivity contribution in [1.82, 2.24) is 20.1 Å². The van der Waals surface area contributed by atoms with Crippen LogP contribution in [0.25, 0.3) is 0 Å². The molecule has 1 aromatic heterocycles. The van der Waals surface area contributed by atoms with Gasteiger partial charge in [0.15, 0.2) is 0 Å². The molecule has 0 radical (unpaired) electrons. The summed E-state index contributed by atoms with van der Waals surface area (Å²) in [4.78, 5) is 16.3. The van der Waals surface area contributed by atoms with E-state index in [0.29, 0.717) is 24.3 Å². The van der Waals surface area contributed by atoms with E-state index in [4.69, 9.17) is 0 Å². The molecule has 9 heteroatoms. The van der Waals surface area contributed by atoms with Crippen molar-refractivity contribution in [1.29, 1.82) is 0 Å². The van der Waals surface area contributed by atoms with E-state index in [1.54, 1.807) is 30.1 Å². The van der Waals surface area contributed by atoms with Crippen molar-refractivity contribution in [3.05, 3.63) is 77.4 Å². The smallest absolute Gasteiger partial charge is 0.251 e. The zero-order valence-corrected chi connectivity index (χ0v) is 16.4. The summed E-state index contributed by atoms with van der Waals surface area (Å²) in [6.07, 6.45) is 4.22. The molecule has 146 valence electrons. The minimum absolute atomic E-state index is 0.275. The molecule has 0 saturated carbocycles. The fourth-order valence-corrected chi connectivity index (χ4v) is 3.24. The fraction of sp³-hybridized carbons (Fsp3) is 0.211. The van der Waals surface area contributed by atoms with E-state index in [9.17, 15) is 13.2 Å². The van der Waals surface area contributed by atoms with Gasteiger partial charge in [-0.15, -0.1) is 0 Å². The molecule has 0 aliphatic carbocycles. The molecule has 0 aliphatic rings. The Kier molecular flexibility index (Phi) is 5.74. The maximum atomic E-state index is 12.4. The molecular formula is C19H21N5O3S. The number of nitrogens with zero attached hydrogens (tertiary/aromatic N) is 3. The molecule has 28 heavy (non-hydrogen) atoms. The van der Waals surface area contributed by atoms with Crippen molar-refractivity contribution in [2.45, 2.75) is 20.0 Å². The van der Waals surface area contributed by atoms with Crippen molar-refractivity contribution in [2.75, 3.05) is 11.0 Å². The number of rotatable bonds is 7. The third-order valence-electron chi connectivity index (χ3n) is 4.08. The topological polar surface area (TPSA) is 106 Å². The van der Waals surface area contributed by atoms with Gasteiger partial charge in [0.25, 0.3) is 5.91 Å². The van der Waals surface area contributed by atoms with Gasteiger partial charge in [-0.2, -0.15) is 5.10 Å². The number of anilines is 1. The third kappa shape index (κ3) is 5.40. The lowest BCUT2D eigenvalue weighted by Gasteiger charge is -2.11. The number of amides is 1. The number of benzene rings is 2. The predicted octanol–water partition coefficient (Wildman–Crippen LogP) is 1.94. The highest BCUT2D eigenvalue weighted by Gasteiger charge is 2.11. The molecule has 1 amide bonds. The van der Waals surface area contributed by atoms with Crippen LogP contribution >= 0.6 is 0 Å². The molecule has 1 heterocycles. The number of aromatic nitrogens is 3. The fourth-order valence-electron chi connectivity index (χ4n) is 2.62. The standard InChI is InChI=1S/C19H21N5O3S/c1-14-3-8-17(9-18(14)23-28(2,26)27)19(25)21-10-15-4-6-16(7-5-15)11-24-13-20-12-22-24/h3-9,12-13,23H,10-11H2,1-2H3,(H,21,25). The molecular weight excluding hydrogens is 378 g/mol. The van der Waals surface area contributed by atoms with Gasteiger partial charge < -0.3 is 5.32 Å². The summed E-state index contributed by atoms with van der Waals surface area (Å²) < 4.78 is 27.1. The molecule has 0 fully saturated rings. The summed E-state index contributed by atoms with van der Waals surface area (Å²) in [5, 5.41) is 6.91. The first-order valence-corrected chi connectivity index (χ1v) is 10.5. The minimum atomic E-state index is -3.41. The number of sulfonamides is 1. The monoisotopic (exact) mass is 399 g/mol. The van der Waals surface area contributed by atoms with E-state index in [-0.39, 0.29) is 5.91 Å². The second-order valence-electron chi connectivity index (χ2n) is 6.50. The summed E-state index contributed by atoms with van der Waals surface area (Å²) >= 11 is 0. The number of aryl methyl sites for hydroxylation is 1. The lowest BCUT2D eigenvalue weighted by molar-refractivity contribution is 0.0951. The molecule has 0 saturated heterocycles. The summed E-state index contributed by atoms with van der Waals surface area (Å²) in [5.74, 6) is -0.275. The van der Waals surface area contributed by atoms with Crippen LogP contribution in [0.3, 0.4) is 0 Å². The molecule has 2 aromatic carbocycles. The number of nitrogens with one attached hydrogen (secondary N) is 2. The maximum absolute atomic E-state index is 12.4. The quantitative estimate of drug-likeness (QED) is 0.632. The van der Waals surface area contributed by atoms with Crippen LogP contribution in [0, 0.1) is 6.92 Å². The van der Waals surface area contributed by atoms with E-state index in [1.807, 2.05) is 24.3 Å². The highest BCUT2D eigenvalue weighted by atomic mass is 32.2. The number of hydrogen-bond donors (Lipinski definition) is 2. The molecule has 8 nitrogen and oxygen atoms in total. The average Bonchev–Trinajstić information content (AvgIpc) is 3.14. The Balaban J connectivity index is 1.61. The molecule has 2 N–H and O–H groups in total. The van der Waals surface area contributed by atoms with Crippen LogP contribution in [0.4, 0.5) is 5.69 Å². The first-order chi connectivity index (χ1) is 13.3. The molecule has 0 bridgehead atoms. The molecule has 0 spiro atoms. The van der Waals surface area contributed by atoms with Gasteiger partial charge in [0.2, 0.25) is 10.0 Å². The van der Waals surface area contributed by atoms with E-state index in [1.165, 1.54) is 12.4 Å². The van der Waals surface area contributed by atoms with Crippen LogP contribution in [0.15, 0.2) is 55.1 Å². The van der Waals surface area contributed by atoms with Crippen molar-refractivity contribution < 1.29 is 13.2 Å². The predicted molar refractivity (Wildman–Crippen MR) is 106 cm³/mol. The Bertz CT molecular complexity index is 1060. The number of carbonyl (C=O) groups is 1. The first kappa shape index (κ1) is 19.6. The Morgan fingerprint density at radius 1 is 1.11 bits per heavy atom. The third-order valence-corrected chi connectivity index (χ3v) is 4.67. The SMILES string of the molecule is Cc1ccc(C(=O)NCc2ccc(Cn3cncn3)cc2)cc1NS(C)(=O)=O. The van der Waals surface area contributed by atoms with Crippen molar-refractivity contribution in [3.8, 4) is 0 Å². The van der Waals surface area contributed by atoms with E-state index >= 15 is 0 Å². The van der Waals surface area contributed by atoms with Crippen LogP contribution in [0.1, 0.15) is 27.0 Å². The Labute approximate surface area is 163 Å². The summed E-state index contributed by atoms with van der Waals surface area (Å²) in [6, 6.07) is 12.7. The Morgan fingerprint density at radius 2 is 1.82 bits per heavy atom. The second-order valence-corrected chi connectivity index (χ2v) is 8.24.